The molecule has 1 aliphatic rings. The molecule has 24 heavy (non-hydrogen) atoms. The molecule has 1 amide bonds. The zero-order valence-electron chi connectivity index (χ0n) is 14.0. The van der Waals surface area contributed by atoms with Crippen molar-refractivity contribution in [1.29, 1.82) is 0 Å². The zero-order valence-corrected chi connectivity index (χ0v) is 16.4. The van der Waals surface area contributed by atoms with E-state index in [0.29, 0.717) is 19.5 Å². The van der Waals surface area contributed by atoms with Crippen LogP contribution in [0.1, 0.15) is 39.0 Å². The van der Waals surface area contributed by atoms with Crippen molar-refractivity contribution in [2.24, 2.45) is 5.92 Å². The summed E-state index contributed by atoms with van der Waals surface area (Å²) in [5, 5.41) is 2.94. The zero-order chi connectivity index (χ0) is 17.6. The van der Waals surface area contributed by atoms with Gasteiger partial charge in [-0.2, -0.15) is 4.31 Å². The van der Waals surface area contributed by atoms with Crippen LogP contribution in [0.5, 0.6) is 0 Å². The van der Waals surface area contributed by atoms with Crippen LogP contribution in [0.25, 0.3) is 0 Å². The second-order valence-electron chi connectivity index (χ2n) is 6.15. The van der Waals surface area contributed by atoms with Crippen LogP contribution < -0.4 is 5.32 Å². The molecule has 0 aliphatic carbocycles. The van der Waals surface area contributed by atoms with Crippen LogP contribution in [0.15, 0.2) is 33.6 Å². The Balaban J connectivity index is 1.99. The Morgan fingerprint density at radius 3 is 2.67 bits per heavy atom. The van der Waals surface area contributed by atoms with Crippen LogP contribution >= 0.6 is 15.9 Å². The van der Waals surface area contributed by atoms with Crippen LogP contribution in [0.4, 0.5) is 0 Å². The molecule has 5 nitrogen and oxygen atoms in total. The molecule has 1 unspecified atom stereocenters. The number of rotatable bonds is 7. The van der Waals surface area contributed by atoms with E-state index in [1.165, 1.54) is 4.31 Å². The van der Waals surface area contributed by atoms with Gasteiger partial charge in [0, 0.05) is 24.1 Å². The first-order valence-electron chi connectivity index (χ1n) is 8.48. The molecule has 1 N–H and O–H groups in total. The van der Waals surface area contributed by atoms with Crippen molar-refractivity contribution in [3.63, 3.8) is 0 Å². The summed E-state index contributed by atoms with van der Waals surface area (Å²) < 4.78 is 27.8. The average Bonchev–Trinajstić information content (AvgIpc) is 2.59. The van der Waals surface area contributed by atoms with Gasteiger partial charge in [0.2, 0.25) is 15.9 Å². The number of nitrogens with zero attached hydrogens (tertiary/aromatic N) is 1. The summed E-state index contributed by atoms with van der Waals surface area (Å²) in [5.74, 6) is -0.285. The maximum atomic E-state index is 12.7. The Labute approximate surface area is 153 Å². The minimum absolute atomic E-state index is 0.0261. The number of nitrogens with one attached hydrogen (secondary N) is 1. The first-order valence-corrected chi connectivity index (χ1v) is 10.7. The van der Waals surface area contributed by atoms with Gasteiger partial charge >= 0.3 is 0 Å². The highest BCUT2D eigenvalue weighted by Crippen LogP contribution is 2.24. The fourth-order valence-corrected chi connectivity index (χ4v) is 4.65. The van der Waals surface area contributed by atoms with Crippen LogP contribution in [0.3, 0.4) is 0 Å². The van der Waals surface area contributed by atoms with Crippen molar-refractivity contribution in [2.45, 2.75) is 43.9 Å². The molecule has 134 valence electrons. The molecule has 0 aromatic heterocycles. The van der Waals surface area contributed by atoms with Crippen molar-refractivity contribution in [2.75, 3.05) is 19.6 Å². The van der Waals surface area contributed by atoms with E-state index >= 15 is 0 Å². The minimum atomic E-state index is -3.54. The summed E-state index contributed by atoms with van der Waals surface area (Å²) in [4.78, 5) is 12.5. The number of piperidine rings is 1. The molecule has 0 radical (unpaired) electrons. The lowest BCUT2D eigenvalue weighted by Crippen LogP contribution is -2.45. The monoisotopic (exact) mass is 416 g/mol. The highest BCUT2D eigenvalue weighted by atomic mass is 79.9. The molecular weight excluding hydrogens is 392 g/mol. The van der Waals surface area contributed by atoms with Gasteiger partial charge in [-0.1, -0.05) is 35.7 Å². The van der Waals surface area contributed by atoms with Crippen molar-refractivity contribution < 1.29 is 13.2 Å². The van der Waals surface area contributed by atoms with E-state index in [9.17, 15) is 13.2 Å². The third-order valence-electron chi connectivity index (χ3n) is 4.29. The van der Waals surface area contributed by atoms with E-state index in [2.05, 4.69) is 28.2 Å². The van der Waals surface area contributed by atoms with Crippen molar-refractivity contribution in [3.05, 3.63) is 28.7 Å². The van der Waals surface area contributed by atoms with Gasteiger partial charge in [0.15, 0.2) is 0 Å². The summed E-state index contributed by atoms with van der Waals surface area (Å²) in [6.45, 7) is 3.52. The molecule has 1 heterocycles. The number of benzene rings is 1. The Hall–Kier alpha value is -0.920. The third kappa shape index (κ3) is 5.04. The number of hydrogen-bond donors (Lipinski definition) is 1. The first kappa shape index (κ1) is 19.4. The SMILES string of the molecule is CCCCCNC(=O)C1CCCN(S(=O)(=O)c2ccc(Br)cc2)C1. The largest absolute Gasteiger partial charge is 0.356 e. The quantitative estimate of drug-likeness (QED) is 0.694. The lowest BCUT2D eigenvalue weighted by atomic mass is 9.99. The summed E-state index contributed by atoms with van der Waals surface area (Å²) >= 11 is 3.31. The first-order chi connectivity index (χ1) is 11.4. The second kappa shape index (κ2) is 8.97. The minimum Gasteiger partial charge on any atom is -0.356 e. The molecule has 0 bridgehead atoms. The summed E-state index contributed by atoms with van der Waals surface area (Å²) in [7, 11) is -3.54. The highest BCUT2D eigenvalue weighted by Gasteiger charge is 2.33. The smallest absolute Gasteiger partial charge is 0.243 e. The molecule has 0 spiro atoms. The van der Waals surface area contributed by atoms with Crippen molar-refractivity contribution >= 4 is 31.9 Å². The van der Waals surface area contributed by atoms with Gasteiger partial charge in [0.1, 0.15) is 0 Å². The van der Waals surface area contributed by atoms with Gasteiger partial charge in [0.05, 0.1) is 10.8 Å². The molecule has 1 aliphatic heterocycles. The van der Waals surface area contributed by atoms with Crippen molar-refractivity contribution in [3.8, 4) is 0 Å². The predicted molar refractivity (Wildman–Crippen MR) is 98.2 cm³/mol. The molecule has 1 aromatic rings. The fourth-order valence-electron chi connectivity index (χ4n) is 2.86. The lowest BCUT2D eigenvalue weighted by molar-refractivity contribution is -0.126. The number of carbonyl (C=O) groups is 1. The van der Waals surface area contributed by atoms with E-state index in [-0.39, 0.29) is 23.3 Å². The standard InChI is InChI=1S/C17H25BrN2O3S/c1-2-3-4-11-19-17(21)14-6-5-12-20(13-14)24(22,23)16-9-7-15(18)8-10-16/h7-10,14H,2-6,11-13H2,1H3,(H,19,21). The van der Waals surface area contributed by atoms with Gasteiger partial charge in [-0.25, -0.2) is 8.42 Å². The number of unbranched alkanes of at least 4 members (excludes halogenated alkanes) is 2. The Bertz CT molecular complexity index is 646. The summed E-state index contributed by atoms with van der Waals surface area (Å²) in [5.41, 5.74) is 0. The van der Waals surface area contributed by atoms with Crippen LogP contribution in [-0.4, -0.2) is 38.3 Å². The lowest BCUT2D eigenvalue weighted by Gasteiger charge is -2.31. The Morgan fingerprint density at radius 2 is 2.00 bits per heavy atom. The highest BCUT2D eigenvalue weighted by molar-refractivity contribution is 9.10. The molecule has 1 atom stereocenters. The average molecular weight is 417 g/mol. The number of halogens is 1. The van der Waals surface area contributed by atoms with E-state index in [1.807, 2.05) is 0 Å². The molecular formula is C17H25BrN2O3S. The van der Waals surface area contributed by atoms with E-state index in [1.54, 1.807) is 24.3 Å². The Kier molecular flexibility index (Phi) is 7.25. The van der Waals surface area contributed by atoms with E-state index in [4.69, 9.17) is 0 Å². The molecule has 7 heteroatoms. The predicted octanol–water partition coefficient (Wildman–Crippen LogP) is 3.16. The molecule has 1 saturated heterocycles. The van der Waals surface area contributed by atoms with Crippen LogP contribution in [0, 0.1) is 5.92 Å². The van der Waals surface area contributed by atoms with Gasteiger partial charge < -0.3 is 5.32 Å². The summed E-state index contributed by atoms with van der Waals surface area (Å²) in [6, 6.07) is 6.62. The summed E-state index contributed by atoms with van der Waals surface area (Å²) in [6.07, 6.45) is 4.62. The van der Waals surface area contributed by atoms with Gasteiger partial charge in [-0.3, -0.25) is 4.79 Å². The number of sulfonamides is 1. The Morgan fingerprint density at radius 1 is 1.29 bits per heavy atom. The van der Waals surface area contributed by atoms with Gasteiger partial charge in [-0.15, -0.1) is 0 Å². The van der Waals surface area contributed by atoms with Crippen molar-refractivity contribution in [1.82, 2.24) is 9.62 Å². The maximum absolute atomic E-state index is 12.7. The number of carbonyl (C=O) groups excluding carboxylic acids is 1. The molecule has 2 rings (SSSR count). The molecule has 1 fully saturated rings. The van der Waals surface area contributed by atoms with E-state index < -0.39 is 10.0 Å². The third-order valence-corrected chi connectivity index (χ3v) is 6.69. The topological polar surface area (TPSA) is 66.5 Å². The fraction of sp³-hybridized carbons (Fsp3) is 0.588. The van der Waals surface area contributed by atoms with Gasteiger partial charge in [0.25, 0.3) is 0 Å². The molecule has 1 aromatic carbocycles. The van der Waals surface area contributed by atoms with Crippen LogP contribution in [-0.2, 0) is 14.8 Å². The normalized spacial score (nSPS) is 19.2. The number of hydrogen-bond acceptors (Lipinski definition) is 3. The molecule has 0 saturated carbocycles. The number of amides is 1. The van der Waals surface area contributed by atoms with E-state index in [0.717, 1.165) is 30.2 Å². The maximum Gasteiger partial charge on any atom is 0.243 e. The van der Waals surface area contributed by atoms with Gasteiger partial charge in [-0.05, 0) is 43.5 Å². The van der Waals surface area contributed by atoms with Crippen LogP contribution in [0.2, 0.25) is 0 Å². The second-order valence-corrected chi connectivity index (χ2v) is 9.01.